The van der Waals surface area contributed by atoms with Gasteiger partial charge in [-0.2, -0.15) is 0 Å². The van der Waals surface area contributed by atoms with Crippen molar-refractivity contribution < 1.29 is 4.79 Å². The SMILES string of the molecule is CCn1c(SCC(=O)NC2CCN(c3ncccn3)CC2)nnc1-c1cccc(C)c1. The molecular formula is C22H27N7OS. The van der Waals surface area contributed by atoms with Gasteiger partial charge >= 0.3 is 0 Å². The van der Waals surface area contributed by atoms with Gasteiger partial charge in [0, 0.05) is 43.6 Å². The van der Waals surface area contributed by atoms with Crippen molar-refractivity contribution in [1.29, 1.82) is 0 Å². The van der Waals surface area contributed by atoms with Crippen LogP contribution in [0.25, 0.3) is 11.4 Å². The first kappa shape index (κ1) is 21.3. The Morgan fingerprint density at radius 1 is 1.16 bits per heavy atom. The number of hydrogen-bond donors (Lipinski definition) is 1. The summed E-state index contributed by atoms with van der Waals surface area (Å²) in [7, 11) is 0. The summed E-state index contributed by atoms with van der Waals surface area (Å²) in [6, 6.07) is 10.2. The van der Waals surface area contributed by atoms with Crippen molar-refractivity contribution in [2.24, 2.45) is 0 Å². The highest BCUT2D eigenvalue weighted by Gasteiger charge is 2.22. The van der Waals surface area contributed by atoms with E-state index in [0.29, 0.717) is 5.75 Å². The zero-order valence-corrected chi connectivity index (χ0v) is 18.7. The van der Waals surface area contributed by atoms with Gasteiger partial charge in [-0.3, -0.25) is 4.79 Å². The number of anilines is 1. The Morgan fingerprint density at radius 3 is 2.65 bits per heavy atom. The molecule has 3 heterocycles. The number of piperidine rings is 1. The van der Waals surface area contributed by atoms with Crippen LogP contribution in [0, 0.1) is 6.92 Å². The molecule has 1 N–H and O–H groups in total. The summed E-state index contributed by atoms with van der Waals surface area (Å²) in [5.74, 6) is 1.95. The number of thioether (sulfide) groups is 1. The van der Waals surface area contributed by atoms with Crippen molar-refractivity contribution >= 4 is 23.6 Å². The van der Waals surface area contributed by atoms with Crippen molar-refractivity contribution in [1.82, 2.24) is 30.0 Å². The number of rotatable bonds is 7. The number of hydrogen-bond acceptors (Lipinski definition) is 7. The van der Waals surface area contributed by atoms with Crippen LogP contribution in [0.1, 0.15) is 25.3 Å². The average molecular weight is 438 g/mol. The van der Waals surface area contributed by atoms with Crippen molar-refractivity contribution in [2.75, 3.05) is 23.7 Å². The van der Waals surface area contributed by atoms with Gasteiger partial charge in [0.05, 0.1) is 5.75 Å². The van der Waals surface area contributed by atoms with Gasteiger partial charge in [0.25, 0.3) is 0 Å². The highest BCUT2D eigenvalue weighted by atomic mass is 32.2. The lowest BCUT2D eigenvalue weighted by Gasteiger charge is -2.32. The molecule has 0 unspecified atom stereocenters. The molecule has 1 amide bonds. The smallest absolute Gasteiger partial charge is 0.230 e. The van der Waals surface area contributed by atoms with Gasteiger partial charge in [0.15, 0.2) is 11.0 Å². The normalized spacial score (nSPS) is 14.6. The number of benzene rings is 1. The minimum Gasteiger partial charge on any atom is -0.353 e. The summed E-state index contributed by atoms with van der Waals surface area (Å²) in [6.45, 7) is 6.56. The lowest BCUT2D eigenvalue weighted by Crippen LogP contribution is -2.45. The Kier molecular flexibility index (Phi) is 6.81. The van der Waals surface area contributed by atoms with Crippen LogP contribution in [0.15, 0.2) is 47.9 Å². The third-order valence-corrected chi connectivity index (χ3v) is 6.30. The highest BCUT2D eigenvalue weighted by Crippen LogP contribution is 2.24. The molecular weight excluding hydrogens is 410 g/mol. The summed E-state index contributed by atoms with van der Waals surface area (Å²) < 4.78 is 2.06. The molecule has 9 heteroatoms. The molecule has 0 radical (unpaired) electrons. The molecule has 0 bridgehead atoms. The van der Waals surface area contributed by atoms with E-state index in [1.54, 1.807) is 12.4 Å². The number of nitrogens with one attached hydrogen (secondary N) is 1. The number of amides is 1. The summed E-state index contributed by atoms with van der Waals surface area (Å²) in [6.07, 6.45) is 5.29. The highest BCUT2D eigenvalue weighted by molar-refractivity contribution is 7.99. The van der Waals surface area contributed by atoms with Gasteiger partial charge in [-0.05, 0) is 38.8 Å². The lowest BCUT2D eigenvalue weighted by atomic mass is 10.1. The summed E-state index contributed by atoms with van der Waals surface area (Å²) in [4.78, 5) is 23.3. The molecule has 0 saturated carbocycles. The number of carbonyl (C=O) groups excluding carboxylic acids is 1. The third kappa shape index (κ3) is 5.22. The molecule has 0 spiro atoms. The maximum Gasteiger partial charge on any atom is 0.230 e. The number of aromatic nitrogens is 5. The Morgan fingerprint density at radius 2 is 1.94 bits per heavy atom. The van der Waals surface area contributed by atoms with E-state index in [9.17, 15) is 4.79 Å². The fourth-order valence-corrected chi connectivity index (χ4v) is 4.57. The Balaban J connectivity index is 1.29. The molecule has 1 aliphatic rings. The average Bonchev–Trinajstić information content (AvgIpc) is 3.22. The fraction of sp³-hybridized carbons (Fsp3) is 0.409. The van der Waals surface area contributed by atoms with E-state index in [2.05, 4.69) is 60.9 Å². The zero-order valence-electron chi connectivity index (χ0n) is 17.9. The van der Waals surface area contributed by atoms with E-state index in [1.807, 2.05) is 18.2 Å². The van der Waals surface area contributed by atoms with E-state index in [0.717, 1.165) is 55.0 Å². The van der Waals surface area contributed by atoms with Gasteiger partial charge in [0.2, 0.25) is 11.9 Å². The number of carbonyl (C=O) groups is 1. The second-order valence-corrected chi connectivity index (χ2v) is 8.53. The minimum absolute atomic E-state index is 0.0298. The van der Waals surface area contributed by atoms with Crippen LogP contribution in [0.5, 0.6) is 0 Å². The third-order valence-electron chi connectivity index (χ3n) is 5.34. The van der Waals surface area contributed by atoms with Crippen LogP contribution in [-0.4, -0.2) is 55.5 Å². The number of nitrogens with zero attached hydrogens (tertiary/aromatic N) is 6. The Bertz CT molecular complexity index is 1020. The zero-order chi connectivity index (χ0) is 21.6. The van der Waals surface area contributed by atoms with Gasteiger partial charge in [-0.15, -0.1) is 10.2 Å². The van der Waals surface area contributed by atoms with Crippen molar-refractivity contribution in [3.63, 3.8) is 0 Å². The standard InChI is InChI=1S/C22H27N7OS/c1-3-29-20(17-7-4-6-16(2)14-17)26-27-22(29)31-15-19(30)25-18-8-12-28(13-9-18)21-23-10-5-11-24-21/h4-7,10-11,14,18H,3,8-9,12-13,15H2,1-2H3,(H,25,30). The molecule has 0 aliphatic carbocycles. The molecule has 31 heavy (non-hydrogen) atoms. The van der Waals surface area contributed by atoms with E-state index >= 15 is 0 Å². The molecule has 8 nitrogen and oxygen atoms in total. The largest absolute Gasteiger partial charge is 0.353 e. The maximum atomic E-state index is 12.5. The topological polar surface area (TPSA) is 88.8 Å². The quantitative estimate of drug-likeness (QED) is 0.569. The Hall–Kier alpha value is -2.94. The van der Waals surface area contributed by atoms with Crippen LogP contribution >= 0.6 is 11.8 Å². The van der Waals surface area contributed by atoms with Gasteiger partial charge in [-0.1, -0.05) is 35.5 Å². The summed E-state index contributed by atoms with van der Waals surface area (Å²) in [5.41, 5.74) is 2.22. The first-order valence-electron chi connectivity index (χ1n) is 10.6. The second kappa shape index (κ2) is 9.91. The summed E-state index contributed by atoms with van der Waals surface area (Å²) in [5, 5.41) is 12.6. The molecule has 162 valence electrons. The van der Waals surface area contributed by atoms with E-state index in [4.69, 9.17) is 0 Å². The predicted molar refractivity (Wildman–Crippen MR) is 122 cm³/mol. The van der Waals surface area contributed by atoms with Crippen LogP contribution < -0.4 is 10.2 Å². The van der Waals surface area contributed by atoms with Crippen molar-refractivity contribution in [3.8, 4) is 11.4 Å². The van der Waals surface area contributed by atoms with Gasteiger partial charge in [0.1, 0.15) is 0 Å². The van der Waals surface area contributed by atoms with Crippen molar-refractivity contribution in [2.45, 2.75) is 44.4 Å². The maximum absolute atomic E-state index is 12.5. The van der Waals surface area contributed by atoms with Gasteiger partial charge < -0.3 is 14.8 Å². The molecule has 1 aromatic carbocycles. The predicted octanol–water partition coefficient (Wildman–Crippen LogP) is 2.94. The molecule has 3 aromatic rings. The molecule has 1 saturated heterocycles. The monoisotopic (exact) mass is 437 g/mol. The van der Waals surface area contributed by atoms with E-state index < -0.39 is 0 Å². The van der Waals surface area contributed by atoms with Crippen LogP contribution in [-0.2, 0) is 11.3 Å². The van der Waals surface area contributed by atoms with Crippen LogP contribution in [0.3, 0.4) is 0 Å². The molecule has 0 atom stereocenters. The molecule has 1 fully saturated rings. The summed E-state index contributed by atoms with van der Waals surface area (Å²) >= 11 is 1.43. The fourth-order valence-electron chi connectivity index (χ4n) is 3.76. The van der Waals surface area contributed by atoms with E-state index in [-0.39, 0.29) is 11.9 Å². The molecule has 2 aromatic heterocycles. The lowest BCUT2D eigenvalue weighted by molar-refractivity contribution is -0.119. The molecule has 4 rings (SSSR count). The van der Waals surface area contributed by atoms with Gasteiger partial charge in [-0.25, -0.2) is 9.97 Å². The second-order valence-electron chi connectivity index (χ2n) is 7.59. The Labute approximate surface area is 186 Å². The first-order valence-corrected chi connectivity index (χ1v) is 11.6. The van der Waals surface area contributed by atoms with Crippen LogP contribution in [0.2, 0.25) is 0 Å². The molecule has 1 aliphatic heterocycles. The van der Waals surface area contributed by atoms with Crippen molar-refractivity contribution in [3.05, 3.63) is 48.3 Å². The number of aryl methyl sites for hydroxylation is 1. The van der Waals surface area contributed by atoms with E-state index in [1.165, 1.54) is 17.3 Å². The van der Waals surface area contributed by atoms with Crippen LogP contribution in [0.4, 0.5) is 5.95 Å². The minimum atomic E-state index is 0.0298. The first-order chi connectivity index (χ1) is 15.1.